The molecule has 138 valence electrons. The molecule has 2 heterocycles. The highest BCUT2D eigenvalue weighted by molar-refractivity contribution is 5.95. The Bertz CT molecular complexity index is 680. The van der Waals surface area contributed by atoms with Crippen molar-refractivity contribution in [3.63, 3.8) is 0 Å². The van der Waals surface area contributed by atoms with Crippen molar-refractivity contribution in [2.75, 3.05) is 44.2 Å². The average molecular weight is 353 g/mol. The van der Waals surface area contributed by atoms with Gasteiger partial charge in [0.25, 0.3) is 0 Å². The van der Waals surface area contributed by atoms with Crippen molar-refractivity contribution >= 4 is 11.6 Å². The van der Waals surface area contributed by atoms with Gasteiger partial charge in [-0.1, -0.05) is 13.0 Å². The lowest BCUT2D eigenvalue weighted by atomic mass is 10.1. The fourth-order valence-electron chi connectivity index (χ4n) is 3.16. The van der Waals surface area contributed by atoms with Crippen LogP contribution in [0.25, 0.3) is 0 Å². The summed E-state index contributed by atoms with van der Waals surface area (Å²) in [5.41, 5.74) is 0.755. The minimum Gasteiger partial charge on any atom is -0.494 e. The number of rotatable bonds is 8. The van der Waals surface area contributed by atoms with Crippen LogP contribution in [0, 0.1) is 0 Å². The predicted octanol–water partition coefficient (Wildman–Crippen LogP) is 3.27. The van der Waals surface area contributed by atoms with Gasteiger partial charge in [0.2, 0.25) is 0 Å². The first-order valence-electron chi connectivity index (χ1n) is 9.40. The molecule has 1 saturated heterocycles. The van der Waals surface area contributed by atoms with Gasteiger partial charge in [-0.2, -0.15) is 0 Å². The maximum atomic E-state index is 11.6. The summed E-state index contributed by atoms with van der Waals surface area (Å²) in [4.78, 5) is 20.9. The Hall–Kier alpha value is -2.40. The zero-order valence-corrected chi connectivity index (χ0v) is 15.4. The van der Waals surface area contributed by atoms with Crippen LogP contribution >= 0.6 is 0 Å². The van der Waals surface area contributed by atoms with Gasteiger partial charge < -0.3 is 9.64 Å². The third-order valence-corrected chi connectivity index (χ3v) is 4.73. The second kappa shape index (κ2) is 9.34. The number of nitrogens with zero attached hydrogens (tertiary/aromatic N) is 3. The minimum absolute atomic E-state index is 0.168. The molecule has 0 atom stereocenters. The van der Waals surface area contributed by atoms with E-state index >= 15 is 0 Å². The summed E-state index contributed by atoms with van der Waals surface area (Å²) in [7, 11) is 0. The zero-order valence-electron chi connectivity index (χ0n) is 15.4. The molecule has 5 nitrogen and oxygen atoms in total. The third kappa shape index (κ3) is 5.05. The second-order valence-electron chi connectivity index (χ2n) is 6.52. The Kier molecular flexibility index (Phi) is 6.61. The molecule has 0 amide bonds. The highest BCUT2D eigenvalue weighted by Crippen LogP contribution is 2.15. The first-order chi connectivity index (χ1) is 12.8. The topological polar surface area (TPSA) is 45.7 Å². The number of hydrogen-bond donors (Lipinski definition) is 0. The Morgan fingerprint density at radius 3 is 2.50 bits per heavy atom. The molecule has 3 rings (SSSR count). The molecule has 1 aliphatic rings. The monoisotopic (exact) mass is 353 g/mol. The average Bonchev–Trinajstić information content (AvgIpc) is 2.72. The summed E-state index contributed by atoms with van der Waals surface area (Å²) >= 11 is 0. The maximum absolute atomic E-state index is 11.6. The molecule has 0 N–H and O–H groups in total. The van der Waals surface area contributed by atoms with Gasteiger partial charge in [0.1, 0.15) is 11.6 Å². The molecule has 0 unspecified atom stereocenters. The zero-order chi connectivity index (χ0) is 18.2. The predicted molar refractivity (Wildman–Crippen MR) is 104 cm³/mol. The molecule has 2 aromatic rings. The summed E-state index contributed by atoms with van der Waals surface area (Å²) in [6.45, 7) is 7.78. The van der Waals surface area contributed by atoms with Crippen LogP contribution in [0.2, 0.25) is 0 Å². The number of carbonyl (C=O) groups is 1. The number of pyridine rings is 1. The molecule has 0 bridgehead atoms. The van der Waals surface area contributed by atoms with Crippen molar-refractivity contribution in [3.05, 3.63) is 54.2 Å². The van der Waals surface area contributed by atoms with Gasteiger partial charge in [-0.05, 0) is 42.8 Å². The van der Waals surface area contributed by atoms with Gasteiger partial charge in [-0.25, -0.2) is 4.98 Å². The first-order valence-corrected chi connectivity index (χ1v) is 9.40. The van der Waals surface area contributed by atoms with Gasteiger partial charge >= 0.3 is 0 Å². The Balaban J connectivity index is 1.34. The fraction of sp³-hybridized carbons (Fsp3) is 0.429. The summed E-state index contributed by atoms with van der Waals surface area (Å²) in [5, 5.41) is 0. The third-order valence-electron chi connectivity index (χ3n) is 4.73. The molecule has 1 aromatic heterocycles. The molecule has 5 heteroatoms. The van der Waals surface area contributed by atoms with Crippen LogP contribution in [0.1, 0.15) is 30.1 Å². The van der Waals surface area contributed by atoms with Gasteiger partial charge in [0.15, 0.2) is 5.78 Å². The summed E-state index contributed by atoms with van der Waals surface area (Å²) in [6, 6.07) is 13.5. The van der Waals surface area contributed by atoms with E-state index in [1.807, 2.05) is 49.5 Å². The van der Waals surface area contributed by atoms with E-state index in [1.165, 1.54) is 0 Å². The van der Waals surface area contributed by atoms with Gasteiger partial charge in [-0.15, -0.1) is 0 Å². The summed E-state index contributed by atoms with van der Waals surface area (Å²) in [5.74, 6) is 2.07. The van der Waals surface area contributed by atoms with Crippen LogP contribution in [0.15, 0.2) is 48.7 Å². The van der Waals surface area contributed by atoms with Gasteiger partial charge in [-0.3, -0.25) is 9.69 Å². The lowest BCUT2D eigenvalue weighted by Gasteiger charge is -2.35. The molecular weight excluding hydrogens is 326 g/mol. The number of benzene rings is 1. The lowest BCUT2D eigenvalue weighted by Crippen LogP contribution is -2.47. The van der Waals surface area contributed by atoms with Crippen LogP contribution in [0.4, 0.5) is 5.82 Å². The highest BCUT2D eigenvalue weighted by atomic mass is 16.5. The minimum atomic E-state index is 0.168. The van der Waals surface area contributed by atoms with Crippen LogP contribution in [-0.2, 0) is 0 Å². The number of carbonyl (C=O) groups excluding carboxylic acids is 1. The van der Waals surface area contributed by atoms with E-state index in [9.17, 15) is 4.79 Å². The standard InChI is InChI=1S/C21H27N3O2/c1-2-20(25)18-7-9-19(10-8-18)26-17-5-12-23-13-15-24(16-14-23)21-6-3-4-11-22-21/h3-4,6-11H,2,5,12-17H2,1H3. The van der Waals surface area contributed by atoms with Crippen LogP contribution in [0.3, 0.4) is 0 Å². The molecule has 26 heavy (non-hydrogen) atoms. The number of aromatic nitrogens is 1. The van der Waals surface area contributed by atoms with Crippen molar-refractivity contribution in [1.82, 2.24) is 9.88 Å². The van der Waals surface area contributed by atoms with Crippen molar-refractivity contribution in [1.29, 1.82) is 0 Å². The number of ketones is 1. The van der Waals surface area contributed by atoms with Crippen LogP contribution in [0.5, 0.6) is 5.75 Å². The molecule has 1 fully saturated rings. The summed E-state index contributed by atoms with van der Waals surface area (Å²) < 4.78 is 5.80. The van der Waals surface area contributed by atoms with E-state index in [-0.39, 0.29) is 5.78 Å². The molecular formula is C21H27N3O2. The number of Topliss-reactive ketones (excluding diaryl/α,β-unsaturated/α-hetero) is 1. The van der Waals surface area contributed by atoms with E-state index in [1.54, 1.807) is 0 Å². The quantitative estimate of drug-likeness (QED) is 0.538. The van der Waals surface area contributed by atoms with Crippen LogP contribution < -0.4 is 9.64 Å². The van der Waals surface area contributed by atoms with Gasteiger partial charge in [0.05, 0.1) is 6.61 Å². The van der Waals surface area contributed by atoms with Gasteiger partial charge in [0, 0.05) is 50.9 Å². The first kappa shape index (κ1) is 18.4. The second-order valence-corrected chi connectivity index (χ2v) is 6.52. The van der Waals surface area contributed by atoms with Crippen molar-refractivity contribution in [3.8, 4) is 5.75 Å². The number of hydrogen-bond acceptors (Lipinski definition) is 5. The summed E-state index contributed by atoms with van der Waals surface area (Å²) in [6.07, 6.45) is 3.39. The number of anilines is 1. The van der Waals surface area contributed by atoms with E-state index in [4.69, 9.17) is 4.74 Å². The SMILES string of the molecule is CCC(=O)c1ccc(OCCCN2CCN(c3ccccn3)CC2)cc1. The van der Waals surface area contributed by atoms with Crippen molar-refractivity contribution in [2.24, 2.45) is 0 Å². The highest BCUT2D eigenvalue weighted by Gasteiger charge is 2.17. The van der Waals surface area contributed by atoms with E-state index in [0.29, 0.717) is 13.0 Å². The normalized spacial score (nSPS) is 15.0. The van der Waals surface area contributed by atoms with E-state index in [2.05, 4.69) is 20.9 Å². The maximum Gasteiger partial charge on any atom is 0.162 e. The van der Waals surface area contributed by atoms with Crippen molar-refractivity contribution in [2.45, 2.75) is 19.8 Å². The molecule has 1 aliphatic heterocycles. The smallest absolute Gasteiger partial charge is 0.162 e. The number of ether oxygens (including phenoxy) is 1. The number of piperazine rings is 1. The Morgan fingerprint density at radius 1 is 1.08 bits per heavy atom. The molecule has 0 aliphatic carbocycles. The molecule has 0 radical (unpaired) electrons. The lowest BCUT2D eigenvalue weighted by molar-refractivity contribution is 0.0988. The molecule has 0 spiro atoms. The Morgan fingerprint density at radius 2 is 1.85 bits per heavy atom. The van der Waals surface area contributed by atoms with E-state index < -0.39 is 0 Å². The van der Waals surface area contributed by atoms with Crippen molar-refractivity contribution < 1.29 is 9.53 Å². The fourth-order valence-corrected chi connectivity index (χ4v) is 3.16. The molecule has 0 saturated carbocycles. The van der Waals surface area contributed by atoms with E-state index in [0.717, 1.165) is 56.3 Å². The Labute approximate surface area is 155 Å². The van der Waals surface area contributed by atoms with Crippen LogP contribution in [-0.4, -0.2) is 55.0 Å². The molecule has 1 aromatic carbocycles. The largest absolute Gasteiger partial charge is 0.494 e.